The fourth-order valence-electron chi connectivity index (χ4n) is 3.30. The summed E-state index contributed by atoms with van der Waals surface area (Å²) in [6.45, 7) is 5.59. The summed E-state index contributed by atoms with van der Waals surface area (Å²) in [6.07, 6.45) is 7.16. The molecule has 4 rings (SSSR count). The van der Waals surface area contributed by atoms with Gasteiger partial charge in [-0.1, -0.05) is 12.1 Å². The number of aromatic nitrogens is 5. The molecule has 27 heavy (non-hydrogen) atoms. The Morgan fingerprint density at radius 3 is 2.89 bits per heavy atom. The summed E-state index contributed by atoms with van der Waals surface area (Å²) in [5, 5.41) is 8.38. The Hall–Kier alpha value is -3.03. The minimum atomic E-state index is 0.0357. The molecule has 140 valence electrons. The second-order valence-corrected chi connectivity index (χ2v) is 6.72. The monoisotopic (exact) mass is 366 g/mol. The van der Waals surface area contributed by atoms with Crippen molar-refractivity contribution in [1.82, 2.24) is 29.8 Å². The minimum absolute atomic E-state index is 0.0357. The molecule has 1 amide bonds. The molecule has 8 heteroatoms. The van der Waals surface area contributed by atoms with Crippen LogP contribution < -0.4 is 0 Å². The average molecular weight is 366 g/mol. The maximum absolute atomic E-state index is 12.7. The van der Waals surface area contributed by atoms with E-state index in [0.717, 1.165) is 50.0 Å². The predicted molar refractivity (Wildman–Crippen MR) is 98.5 cm³/mol. The van der Waals surface area contributed by atoms with Crippen LogP contribution >= 0.6 is 0 Å². The van der Waals surface area contributed by atoms with Crippen LogP contribution in [0.15, 0.2) is 29.0 Å². The van der Waals surface area contributed by atoms with Crippen molar-refractivity contribution in [2.24, 2.45) is 0 Å². The van der Waals surface area contributed by atoms with Crippen LogP contribution in [0.5, 0.6) is 0 Å². The van der Waals surface area contributed by atoms with Crippen LogP contribution in [0.2, 0.25) is 0 Å². The van der Waals surface area contributed by atoms with E-state index in [-0.39, 0.29) is 5.91 Å². The highest BCUT2D eigenvalue weighted by Crippen LogP contribution is 2.22. The van der Waals surface area contributed by atoms with Crippen molar-refractivity contribution in [3.05, 3.63) is 41.6 Å². The number of carbonyl (C=O) groups is 1. The molecule has 0 spiro atoms. The number of hydrogen-bond acceptors (Lipinski definition) is 6. The van der Waals surface area contributed by atoms with Crippen LogP contribution in [0.4, 0.5) is 0 Å². The van der Waals surface area contributed by atoms with Gasteiger partial charge in [-0.25, -0.2) is 9.67 Å². The molecule has 1 aliphatic rings. The average Bonchev–Trinajstić information content (AvgIpc) is 3.43. The number of aryl methyl sites for hydroxylation is 1. The number of carbonyl (C=O) groups excluding carboxylic acids is 1. The van der Waals surface area contributed by atoms with Crippen molar-refractivity contribution >= 4 is 5.91 Å². The molecule has 0 bridgehead atoms. The third kappa shape index (κ3) is 3.34. The van der Waals surface area contributed by atoms with Gasteiger partial charge in [0, 0.05) is 31.3 Å². The topological polar surface area (TPSA) is 89.9 Å². The fraction of sp³-hybridized carbons (Fsp3) is 0.421. The van der Waals surface area contributed by atoms with E-state index < -0.39 is 0 Å². The highest BCUT2D eigenvalue weighted by Gasteiger charge is 2.24. The first-order valence-electron chi connectivity index (χ1n) is 9.30. The second-order valence-electron chi connectivity index (χ2n) is 6.72. The van der Waals surface area contributed by atoms with Crippen molar-refractivity contribution in [3.63, 3.8) is 0 Å². The molecule has 3 aromatic rings. The molecule has 3 aromatic heterocycles. The molecule has 0 aliphatic carbocycles. The maximum Gasteiger partial charge on any atom is 0.258 e. The summed E-state index contributed by atoms with van der Waals surface area (Å²) in [7, 11) is 0. The number of pyridine rings is 1. The van der Waals surface area contributed by atoms with Crippen molar-refractivity contribution < 1.29 is 9.32 Å². The molecule has 1 aliphatic heterocycles. The van der Waals surface area contributed by atoms with Gasteiger partial charge in [0.15, 0.2) is 11.6 Å². The van der Waals surface area contributed by atoms with Crippen LogP contribution in [-0.4, -0.2) is 48.8 Å². The van der Waals surface area contributed by atoms with Gasteiger partial charge in [-0.3, -0.25) is 4.79 Å². The first-order valence-corrected chi connectivity index (χ1v) is 9.30. The lowest BCUT2D eigenvalue weighted by Gasteiger charge is -2.14. The zero-order valence-corrected chi connectivity index (χ0v) is 15.6. The third-order valence-corrected chi connectivity index (χ3v) is 4.78. The molecular formula is C19H22N6O2. The van der Waals surface area contributed by atoms with Gasteiger partial charge >= 0.3 is 0 Å². The van der Waals surface area contributed by atoms with Gasteiger partial charge in [-0.15, -0.1) is 0 Å². The summed E-state index contributed by atoms with van der Waals surface area (Å²) in [5.41, 5.74) is 2.16. The van der Waals surface area contributed by atoms with E-state index >= 15 is 0 Å². The Bertz CT molecular complexity index is 955. The zero-order valence-electron chi connectivity index (χ0n) is 15.6. The van der Waals surface area contributed by atoms with Gasteiger partial charge in [-0.2, -0.15) is 10.1 Å². The summed E-state index contributed by atoms with van der Waals surface area (Å²) < 4.78 is 7.03. The van der Waals surface area contributed by atoms with E-state index in [9.17, 15) is 4.79 Å². The van der Waals surface area contributed by atoms with Crippen molar-refractivity contribution in [2.75, 3.05) is 13.1 Å². The van der Waals surface area contributed by atoms with Crippen molar-refractivity contribution in [3.8, 4) is 17.3 Å². The van der Waals surface area contributed by atoms with Gasteiger partial charge in [0.05, 0.1) is 17.5 Å². The fourth-order valence-corrected chi connectivity index (χ4v) is 3.30. The number of hydrogen-bond donors (Lipinski definition) is 0. The van der Waals surface area contributed by atoms with Crippen molar-refractivity contribution in [2.45, 2.75) is 39.5 Å². The van der Waals surface area contributed by atoms with Crippen LogP contribution in [0, 0.1) is 6.92 Å². The summed E-state index contributed by atoms with van der Waals surface area (Å²) in [6, 6.07) is 3.66. The third-order valence-electron chi connectivity index (χ3n) is 4.78. The lowest BCUT2D eigenvalue weighted by molar-refractivity contribution is 0.0792. The number of amides is 1. The SMILES string of the molecule is CCCc1noc(-c2ccnc(-n3ncc(C(=O)N4CCCC4)c3C)c2)n1. The predicted octanol–water partition coefficient (Wildman–Crippen LogP) is 2.81. The summed E-state index contributed by atoms with van der Waals surface area (Å²) in [4.78, 5) is 23.4. The Morgan fingerprint density at radius 1 is 1.30 bits per heavy atom. The van der Waals surface area contributed by atoms with Crippen LogP contribution in [0.25, 0.3) is 17.3 Å². The summed E-state index contributed by atoms with van der Waals surface area (Å²) >= 11 is 0. The maximum atomic E-state index is 12.7. The normalized spacial score (nSPS) is 14.1. The zero-order chi connectivity index (χ0) is 18.8. The molecule has 1 saturated heterocycles. The lowest BCUT2D eigenvalue weighted by Crippen LogP contribution is -2.27. The first kappa shape index (κ1) is 17.4. The quantitative estimate of drug-likeness (QED) is 0.690. The molecule has 0 unspecified atom stereocenters. The van der Waals surface area contributed by atoms with E-state index in [0.29, 0.717) is 23.1 Å². The van der Waals surface area contributed by atoms with Crippen LogP contribution in [0.3, 0.4) is 0 Å². The van der Waals surface area contributed by atoms with Gasteiger partial charge in [0.2, 0.25) is 0 Å². The Morgan fingerprint density at radius 2 is 2.11 bits per heavy atom. The molecule has 0 atom stereocenters. The number of likely N-dealkylation sites (tertiary alicyclic amines) is 1. The van der Waals surface area contributed by atoms with E-state index in [2.05, 4.69) is 27.1 Å². The molecule has 0 N–H and O–H groups in total. The highest BCUT2D eigenvalue weighted by atomic mass is 16.5. The smallest absolute Gasteiger partial charge is 0.258 e. The second kappa shape index (κ2) is 7.30. The highest BCUT2D eigenvalue weighted by molar-refractivity contribution is 5.95. The molecule has 0 aromatic carbocycles. The Labute approximate surface area is 157 Å². The molecule has 4 heterocycles. The Kier molecular flexibility index (Phi) is 4.70. The van der Waals surface area contributed by atoms with Gasteiger partial charge in [0.25, 0.3) is 11.8 Å². The van der Waals surface area contributed by atoms with Crippen LogP contribution in [0.1, 0.15) is 48.1 Å². The first-order chi connectivity index (χ1) is 13.2. The molecule has 1 fully saturated rings. The van der Waals surface area contributed by atoms with E-state index in [1.807, 2.05) is 24.0 Å². The number of nitrogens with zero attached hydrogens (tertiary/aromatic N) is 6. The van der Waals surface area contributed by atoms with E-state index in [1.54, 1.807) is 17.1 Å². The van der Waals surface area contributed by atoms with Gasteiger partial charge in [-0.05, 0) is 38.3 Å². The summed E-state index contributed by atoms with van der Waals surface area (Å²) in [5.74, 6) is 1.80. The molecule has 0 saturated carbocycles. The van der Waals surface area contributed by atoms with E-state index in [4.69, 9.17) is 4.52 Å². The molecule has 8 nitrogen and oxygen atoms in total. The lowest BCUT2D eigenvalue weighted by atomic mass is 10.2. The Balaban J connectivity index is 1.63. The van der Waals surface area contributed by atoms with Crippen molar-refractivity contribution in [1.29, 1.82) is 0 Å². The standard InChI is InChI=1S/C19H22N6O2/c1-3-6-16-22-18(27-23-16)14-7-8-20-17(11-14)25-13(2)15(12-21-25)19(26)24-9-4-5-10-24/h7-8,11-12H,3-6,9-10H2,1-2H3. The van der Waals surface area contributed by atoms with Gasteiger partial charge < -0.3 is 9.42 Å². The van der Waals surface area contributed by atoms with Gasteiger partial charge in [0.1, 0.15) is 0 Å². The number of rotatable bonds is 5. The van der Waals surface area contributed by atoms with Crippen LogP contribution in [-0.2, 0) is 6.42 Å². The molecule has 0 radical (unpaired) electrons. The van der Waals surface area contributed by atoms with E-state index in [1.165, 1.54) is 0 Å². The largest absolute Gasteiger partial charge is 0.339 e. The minimum Gasteiger partial charge on any atom is -0.339 e. The molecular weight excluding hydrogens is 344 g/mol.